The van der Waals surface area contributed by atoms with Crippen LogP contribution in [0.2, 0.25) is 0 Å². The van der Waals surface area contributed by atoms with E-state index < -0.39 is 10.0 Å². The maximum atomic E-state index is 13.7. The number of para-hydroxylation sites is 1. The van der Waals surface area contributed by atoms with Crippen LogP contribution in [0.5, 0.6) is 11.5 Å². The van der Waals surface area contributed by atoms with Gasteiger partial charge in [0.05, 0.1) is 31.8 Å². The maximum absolute atomic E-state index is 13.7. The summed E-state index contributed by atoms with van der Waals surface area (Å²) in [6, 6.07) is 13.9. The van der Waals surface area contributed by atoms with Crippen molar-refractivity contribution in [3.63, 3.8) is 0 Å². The molecule has 3 aromatic rings. The highest BCUT2D eigenvalue weighted by atomic mass is 32.2. The molecule has 0 radical (unpaired) electrons. The first kappa shape index (κ1) is 22.3. The Kier molecular flexibility index (Phi) is 6.32. The van der Waals surface area contributed by atoms with Crippen molar-refractivity contribution in [2.45, 2.75) is 11.3 Å². The fourth-order valence-corrected chi connectivity index (χ4v) is 5.42. The highest BCUT2D eigenvalue weighted by molar-refractivity contribution is 7.93. The number of anilines is 2. The number of aromatic nitrogens is 1. The van der Waals surface area contributed by atoms with Crippen LogP contribution < -0.4 is 19.1 Å². The zero-order valence-corrected chi connectivity index (χ0v) is 19.0. The van der Waals surface area contributed by atoms with Gasteiger partial charge < -0.3 is 14.8 Å². The number of amides is 1. The summed E-state index contributed by atoms with van der Waals surface area (Å²) >= 11 is 0. The van der Waals surface area contributed by atoms with Crippen LogP contribution in [0.3, 0.4) is 0 Å². The molecule has 4 rings (SSSR count). The summed E-state index contributed by atoms with van der Waals surface area (Å²) in [6.07, 6.45) is 6.60. The zero-order chi connectivity index (χ0) is 23.4. The minimum Gasteiger partial charge on any atom is -0.493 e. The Morgan fingerprint density at radius 1 is 1.12 bits per heavy atom. The minimum atomic E-state index is -3.95. The lowest BCUT2D eigenvalue weighted by molar-refractivity contribution is -0.111. The van der Waals surface area contributed by atoms with Crippen molar-refractivity contribution in [3.8, 4) is 11.5 Å². The molecule has 1 aromatic heterocycles. The van der Waals surface area contributed by atoms with E-state index >= 15 is 0 Å². The third-order valence-electron chi connectivity index (χ3n) is 5.24. The van der Waals surface area contributed by atoms with E-state index in [1.165, 1.54) is 42.9 Å². The van der Waals surface area contributed by atoms with Gasteiger partial charge in [-0.15, -0.1) is 0 Å². The van der Waals surface area contributed by atoms with Crippen LogP contribution >= 0.6 is 0 Å². The molecule has 0 aliphatic carbocycles. The topological polar surface area (TPSA) is 97.8 Å². The molecule has 0 bridgehead atoms. The quantitative estimate of drug-likeness (QED) is 0.537. The van der Waals surface area contributed by atoms with Gasteiger partial charge in [0, 0.05) is 18.8 Å². The van der Waals surface area contributed by atoms with Crippen LogP contribution in [0.1, 0.15) is 11.1 Å². The molecule has 1 aliphatic heterocycles. The van der Waals surface area contributed by atoms with E-state index in [1.54, 1.807) is 30.5 Å². The number of pyridine rings is 1. The van der Waals surface area contributed by atoms with E-state index in [-0.39, 0.29) is 22.3 Å². The molecule has 1 N–H and O–H groups in total. The molecule has 2 heterocycles. The second kappa shape index (κ2) is 9.33. The lowest BCUT2D eigenvalue weighted by Gasteiger charge is -2.22. The molecular formula is C24H23N3O5S. The van der Waals surface area contributed by atoms with E-state index in [2.05, 4.69) is 10.3 Å². The second-order valence-corrected chi connectivity index (χ2v) is 9.11. The van der Waals surface area contributed by atoms with E-state index in [0.29, 0.717) is 29.9 Å². The summed E-state index contributed by atoms with van der Waals surface area (Å²) in [5.41, 5.74) is 2.64. The molecular weight excluding hydrogens is 442 g/mol. The van der Waals surface area contributed by atoms with Gasteiger partial charge in [-0.1, -0.05) is 18.2 Å². The monoisotopic (exact) mass is 465 g/mol. The van der Waals surface area contributed by atoms with Crippen molar-refractivity contribution in [1.29, 1.82) is 0 Å². The van der Waals surface area contributed by atoms with Crippen molar-refractivity contribution < 1.29 is 22.7 Å². The van der Waals surface area contributed by atoms with Gasteiger partial charge in [0.25, 0.3) is 10.0 Å². The molecule has 9 heteroatoms. The average molecular weight is 466 g/mol. The third kappa shape index (κ3) is 4.54. The Balaban J connectivity index is 1.70. The summed E-state index contributed by atoms with van der Waals surface area (Å²) in [6.45, 7) is 0.334. The number of rotatable bonds is 7. The number of hydrogen-bond acceptors (Lipinski definition) is 6. The number of hydrogen-bond donors (Lipinski definition) is 1. The van der Waals surface area contributed by atoms with Gasteiger partial charge in [-0.2, -0.15) is 0 Å². The average Bonchev–Trinajstić information content (AvgIpc) is 3.28. The number of nitrogens with one attached hydrogen (secondary N) is 1. The van der Waals surface area contributed by atoms with Crippen molar-refractivity contribution in [2.75, 3.05) is 30.4 Å². The van der Waals surface area contributed by atoms with E-state index in [0.717, 1.165) is 5.56 Å². The fraction of sp³-hybridized carbons (Fsp3) is 0.167. The molecule has 0 atom stereocenters. The second-order valence-electron chi connectivity index (χ2n) is 7.27. The van der Waals surface area contributed by atoms with Crippen molar-refractivity contribution >= 4 is 33.4 Å². The molecule has 0 spiro atoms. The first-order valence-corrected chi connectivity index (χ1v) is 11.6. The van der Waals surface area contributed by atoms with Crippen molar-refractivity contribution in [1.82, 2.24) is 4.98 Å². The molecule has 0 saturated heterocycles. The first-order valence-electron chi connectivity index (χ1n) is 10.2. The Labute approximate surface area is 192 Å². The molecule has 0 unspecified atom stereocenters. The zero-order valence-electron chi connectivity index (χ0n) is 18.2. The Morgan fingerprint density at radius 2 is 1.94 bits per heavy atom. The van der Waals surface area contributed by atoms with Gasteiger partial charge in [-0.25, -0.2) is 8.42 Å². The number of fused-ring (bicyclic) bond motifs is 1. The van der Waals surface area contributed by atoms with Gasteiger partial charge in [-0.05, 0) is 54.0 Å². The predicted molar refractivity (Wildman–Crippen MR) is 126 cm³/mol. The summed E-state index contributed by atoms with van der Waals surface area (Å²) in [7, 11) is -1.12. The summed E-state index contributed by atoms with van der Waals surface area (Å²) < 4.78 is 39.5. The molecule has 1 aliphatic rings. The summed E-state index contributed by atoms with van der Waals surface area (Å²) in [5.74, 6) is -0.0205. The SMILES string of the molecule is COc1cc(C=CC(=O)Nc2cccnc2)cc(S(=O)(=O)N2CCc3ccccc32)c1OC. The van der Waals surface area contributed by atoms with Crippen LogP contribution in [0.15, 0.2) is 71.9 Å². The summed E-state index contributed by atoms with van der Waals surface area (Å²) in [5, 5.41) is 2.69. The van der Waals surface area contributed by atoms with Gasteiger partial charge in [-0.3, -0.25) is 14.1 Å². The highest BCUT2D eigenvalue weighted by Gasteiger charge is 2.34. The van der Waals surface area contributed by atoms with Gasteiger partial charge in [0.15, 0.2) is 11.5 Å². The largest absolute Gasteiger partial charge is 0.493 e. The molecule has 0 saturated carbocycles. The van der Waals surface area contributed by atoms with E-state index in [4.69, 9.17) is 9.47 Å². The molecule has 2 aromatic carbocycles. The van der Waals surface area contributed by atoms with Crippen LogP contribution in [-0.4, -0.2) is 40.1 Å². The maximum Gasteiger partial charge on any atom is 0.268 e. The Morgan fingerprint density at radius 3 is 2.67 bits per heavy atom. The minimum absolute atomic E-state index is 0.0339. The number of nitrogens with zero attached hydrogens (tertiary/aromatic N) is 2. The molecule has 33 heavy (non-hydrogen) atoms. The Bertz CT molecular complexity index is 1310. The number of methoxy groups -OCH3 is 2. The lowest BCUT2D eigenvalue weighted by atomic mass is 10.2. The first-order chi connectivity index (χ1) is 15.9. The van der Waals surface area contributed by atoms with Gasteiger partial charge in [0.2, 0.25) is 5.91 Å². The Hall–Kier alpha value is -3.85. The number of benzene rings is 2. The van der Waals surface area contributed by atoms with Crippen LogP contribution in [0, 0.1) is 0 Å². The number of ether oxygens (including phenoxy) is 2. The van der Waals surface area contributed by atoms with Gasteiger partial charge in [0.1, 0.15) is 4.90 Å². The van der Waals surface area contributed by atoms with Gasteiger partial charge >= 0.3 is 0 Å². The normalized spacial score (nSPS) is 13.1. The highest BCUT2D eigenvalue weighted by Crippen LogP contribution is 2.40. The molecule has 170 valence electrons. The predicted octanol–water partition coefficient (Wildman–Crippen LogP) is 3.50. The van der Waals surface area contributed by atoms with Crippen LogP contribution in [0.25, 0.3) is 6.08 Å². The van der Waals surface area contributed by atoms with E-state index in [1.807, 2.05) is 18.2 Å². The molecule has 0 fully saturated rings. The smallest absolute Gasteiger partial charge is 0.268 e. The van der Waals surface area contributed by atoms with Crippen LogP contribution in [-0.2, 0) is 21.2 Å². The molecule has 8 nitrogen and oxygen atoms in total. The number of sulfonamides is 1. The fourth-order valence-electron chi connectivity index (χ4n) is 3.71. The lowest BCUT2D eigenvalue weighted by Crippen LogP contribution is -2.29. The van der Waals surface area contributed by atoms with Crippen molar-refractivity contribution in [3.05, 3.63) is 78.1 Å². The van der Waals surface area contributed by atoms with Crippen LogP contribution in [0.4, 0.5) is 11.4 Å². The molecule has 1 amide bonds. The number of carbonyl (C=O) groups excluding carboxylic acids is 1. The standard InChI is InChI=1S/C24H23N3O5S/c1-31-21-14-17(9-10-23(28)26-19-7-5-12-25-16-19)15-22(24(21)32-2)33(29,30)27-13-11-18-6-3-4-8-20(18)27/h3-10,12,14-16H,11,13H2,1-2H3,(H,26,28). The third-order valence-corrected chi connectivity index (χ3v) is 7.05. The summed E-state index contributed by atoms with van der Waals surface area (Å²) in [4.78, 5) is 16.2. The van der Waals surface area contributed by atoms with E-state index in [9.17, 15) is 13.2 Å². The van der Waals surface area contributed by atoms with Crippen molar-refractivity contribution in [2.24, 2.45) is 0 Å². The number of carbonyl (C=O) groups is 1.